The Bertz CT molecular complexity index is 594. The summed E-state index contributed by atoms with van der Waals surface area (Å²) in [5.74, 6) is 1.37. The number of benzene rings is 2. The van der Waals surface area contributed by atoms with E-state index in [1.807, 2.05) is 55.6 Å². The van der Waals surface area contributed by atoms with Gasteiger partial charge in [-0.05, 0) is 55.1 Å². The summed E-state index contributed by atoms with van der Waals surface area (Å²) >= 11 is 1.68. The lowest BCUT2D eigenvalue weighted by molar-refractivity contribution is 0.480. The third kappa shape index (κ3) is 3.29. The Kier molecular flexibility index (Phi) is 4.12. The molecule has 2 aromatic rings. The van der Waals surface area contributed by atoms with E-state index in [9.17, 15) is 0 Å². The first kappa shape index (κ1) is 13.5. The number of thioether (sulfide) groups is 1. The first-order valence-electron chi connectivity index (χ1n) is 5.87. The number of hydrogen-bond donors (Lipinski definition) is 2. The van der Waals surface area contributed by atoms with E-state index in [-0.39, 0.29) is 5.84 Å². The number of nitrogens with one attached hydrogen (secondary N) is 1. The Morgan fingerprint density at radius 3 is 2.42 bits per heavy atom. The van der Waals surface area contributed by atoms with Gasteiger partial charge in [-0.25, -0.2) is 0 Å². The summed E-state index contributed by atoms with van der Waals surface area (Å²) in [6, 6.07) is 13.4. The van der Waals surface area contributed by atoms with Gasteiger partial charge in [-0.2, -0.15) is 0 Å². The van der Waals surface area contributed by atoms with Crippen LogP contribution in [-0.2, 0) is 0 Å². The molecule has 0 fully saturated rings. The highest BCUT2D eigenvalue weighted by Gasteiger charge is 2.08. The summed E-state index contributed by atoms with van der Waals surface area (Å²) < 4.78 is 5.82. The highest BCUT2D eigenvalue weighted by molar-refractivity contribution is 7.98. The van der Waals surface area contributed by atoms with E-state index in [4.69, 9.17) is 15.9 Å². The van der Waals surface area contributed by atoms with Gasteiger partial charge in [-0.3, -0.25) is 5.41 Å². The molecule has 0 aromatic heterocycles. The van der Waals surface area contributed by atoms with Gasteiger partial charge >= 0.3 is 0 Å². The van der Waals surface area contributed by atoms with Gasteiger partial charge in [0.2, 0.25) is 0 Å². The van der Waals surface area contributed by atoms with Crippen LogP contribution in [0.3, 0.4) is 0 Å². The number of rotatable bonds is 4. The lowest BCUT2D eigenvalue weighted by atomic mass is 10.1. The molecule has 19 heavy (non-hydrogen) atoms. The van der Waals surface area contributed by atoms with E-state index in [2.05, 4.69) is 0 Å². The molecule has 2 aromatic carbocycles. The summed E-state index contributed by atoms with van der Waals surface area (Å²) in [6.45, 7) is 1.98. The fourth-order valence-corrected chi connectivity index (χ4v) is 2.12. The van der Waals surface area contributed by atoms with Gasteiger partial charge in [0.05, 0.1) is 5.56 Å². The Hall–Kier alpha value is -1.94. The van der Waals surface area contributed by atoms with Gasteiger partial charge in [0, 0.05) is 4.90 Å². The monoisotopic (exact) mass is 272 g/mol. The minimum Gasteiger partial charge on any atom is -0.457 e. The summed E-state index contributed by atoms with van der Waals surface area (Å²) in [5.41, 5.74) is 7.24. The lowest BCUT2D eigenvalue weighted by Gasteiger charge is -2.11. The van der Waals surface area contributed by atoms with Crippen molar-refractivity contribution < 1.29 is 4.74 Å². The predicted molar refractivity (Wildman–Crippen MR) is 80.5 cm³/mol. The maximum absolute atomic E-state index is 7.57. The van der Waals surface area contributed by atoms with E-state index in [0.717, 1.165) is 11.3 Å². The Morgan fingerprint density at radius 2 is 1.84 bits per heavy atom. The van der Waals surface area contributed by atoms with Crippen molar-refractivity contribution in [3.8, 4) is 11.5 Å². The maximum atomic E-state index is 7.57. The minimum absolute atomic E-state index is 0.00994. The van der Waals surface area contributed by atoms with Crippen molar-refractivity contribution >= 4 is 17.6 Å². The fourth-order valence-electron chi connectivity index (χ4n) is 1.71. The minimum atomic E-state index is 0.00994. The third-order valence-corrected chi connectivity index (χ3v) is 3.46. The molecule has 98 valence electrons. The van der Waals surface area contributed by atoms with Crippen molar-refractivity contribution in [1.82, 2.24) is 0 Å². The van der Waals surface area contributed by atoms with Crippen molar-refractivity contribution in [3.05, 3.63) is 53.6 Å². The summed E-state index contributed by atoms with van der Waals surface area (Å²) in [5, 5.41) is 7.57. The van der Waals surface area contributed by atoms with Crippen LogP contribution in [0.1, 0.15) is 11.1 Å². The number of aryl methyl sites for hydroxylation is 1. The zero-order valence-corrected chi connectivity index (χ0v) is 11.8. The Morgan fingerprint density at radius 1 is 1.16 bits per heavy atom. The zero-order chi connectivity index (χ0) is 13.8. The average Bonchev–Trinajstić information content (AvgIpc) is 2.39. The molecule has 0 radical (unpaired) electrons. The molecule has 0 unspecified atom stereocenters. The molecule has 3 nitrogen and oxygen atoms in total. The lowest BCUT2D eigenvalue weighted by Crippen LogP contribution is -2.12. The van der Waals surface area contributed by atoms with Gasteiger partial charge in [-0.1, -0.05) is 6.07 Å². The predicted octanol–water partition coefficient (Wildman–Crippen LogP) is 3.79. The first-order valence-corrected chi connectivity index (χ1v) is 7.09. The topological polar surface area (TPSA) is 59.1 Å². The second kappa shape index (κ2) is 5.80. The molecule has 0 spiro atoms. The number of amidine groups is 1. The quantitative estimate of drug-likeness (QED) is 0.505. The van der Waals surface area contributed by atoms with Crippen LogP contribution < -0.4 is 10.5 Å². The molecule has 0 saturated carbocycles. The summed E-state index contributed by atoms with van der Waals surface area (Å²) in [7, 11) is 0. The van der Waals surface area contributed by atoms with Crippen molar-refractivity contribution in [2.45, 2.75) is 11.8 Å². The molecule has 2 rings (SSSR count). The molecule has 0 heterocycles. The molecule has 0 amide bonds. The van der Waals surface area contributed by atoms with Gasteiger partial charge in [-0.15, -0.1) is 11.8 Å². The molecule has 0 aliphatic carbocycles. The van der Waals surface area contributed by atoms with Crippen LogP contribution in [0.2, 0.25) is 0 Å². The standard InChI is InChI=1S/C15H16N2OS/c1-10-3-8-13(15(16)17)14(9-10)18-11-4-6-12(19-2)7-5-11/h3-9H,1-2H3,(H3,16,17). The molecule has 0 aliphatic rings. The van der Waals surface area contributed by atoms with Crippen LogP contribution in [0, 0.1) is 12.3 Å². The van der Waals surface area contributed by atoms with Crippen molar-refractivity contribution in [1.29, 1.82) is 5.41 Å². The second-order valence-electron chi connectivity index (χ2n) is 4.19. The second-order valence-corrected chi connectivity index (χ2v) is 5.07. The number of nitrogens with two attached hydrogens (primary N) is 1. The van der Waals surface area contributed by atoms with Crippen molar-refractivity contribution in [2.75, 3.05) is 6.26 Å². The number of ether oxygens (including phenoxy) is 1. The maximum Gasteiger partial charge on any atom is 0.138 e. The first-order chi connectivity index (χ1) is 9.10. The Labute approximate surface area is 117 Å². The molecular formula is C15H16N2OS. The average molecular weight is 272 g/mol. The molecule has 0 aliphatic heterocycles. The SMILES string of the molecule is CSc1ccc(Oc2cc(C)ccc2C(=N)N)cc1. The van der Waals surface area contributed by atoms with Crippen molar-refractivity contribution in [2.24, 2.45) is 5.73 Å². The van der Waals surface area contributed by atoms with E-state index in [0.29, 0.717) is 11.3 Å². The molecule has 0 saturated heterocycles. The third-order valence-electron chi connectivity index (χ3n) is 2.71. The van der Waals surface area contributed by atoms with Crippen LogP contribution >= 0.6 is 11.8 Å². The highest BCUT2D eigenvalue weighted by atomic mass is 32.2. The number of nitrogen functional groups attached to an aromatic ring is 1. The van der Waals surface area contributed by atoms with Crippen LogP contribution in [0.5, 0.6) is 11.5 Å². The van der Waals surface area contributed by atoms with Crippen LogP contribution in [0.15, 0.2) is 47.4 Å². The van der Waals surface area contributed by atoms with Gasteiger partial charge in [0.25, 0.3) is 0 Å². The smallest absolute Gasteiger partial charge is 0.138 e. The van der Waals surface area contributed by atoms with E-state index in [1.54, 1.807) is 11.8 Å². The number of hydrogen-bond acceptors (Lipinski definition) is 3. The van der Waals surface area contributed by atoms with Crippen molar-refractivity contribution in [3.63, 3.8) is 0 Å². The zero-order valence-electron chi connectivity index (χ0n) is 10.9. The van der Waals surface area contributed by atoms with E-state index in [1.165, 1.54) is 4.90 Å². The highest BCUT2D eigenvalue weighted by Crippen LogP contribution is 2.27. The van der Waals surface area contributed by atoms with Crippen LogP contribution in [0.4, 0.5) is 0 Å². The molecule has 3 N–H and O–H groups in total. The van der Waals surface area contributed by atoms with Gasteiger partial charge in [0.1, 0.15) is 17.3 Å². The normalized spacial score (nSPS) is 10.2. The molecule has 0 bridgehead atoms. The molecule has 0 atom stereocenters. The van der Waals surface area contributed by atoms with Gasteiger partial charge < -0.3 is 10.5 Å². The fraction of sp³-hybridized carbons (Fsp3) is 0.133. The van der Waals surface area contributed by atoms with E-state index >= 15 is 0 Å². The van der Waals surface area contributed by atoms with Crippen LogP contribution in [-0.4, -0.2) is 12.1 Å². The molecular weight excluding hydrogens is 256 g/mol. The Balaban J connectivity index is 2.31. The molecule has 4 heteroatoms. The van der Waals surface area contributed by atoms with E-state index < -0.39 is 0 Å². The van der Waals surface area contributed by atoms with Crippen LogP contribution in [0.25, 0.3) is 0 Å². The summed E-state index contributed by atoms with van der Waals surface area (Å²) in [6.07, 6.45) is 2.03. The van der Waals surface area contributed by atoms with Gasteiger partial charge in [0.15, 0.2) is 0 Å². The summed E-state index contributed by atoms with van der Waals surface area (Å²) in [4.78, 5) is 1.18. The largest absolute Gasteiger partial charge is 0.457 e.